The predicted octanol–water partition coefficient (Wildman–Crippen LogP) is 1.50. The number of thiophene rings is 1. The number of anilines is 1. The molecule has 0 radical (unpaired) electrons. The minimum Gasteiger partial charge on any atom is -0.365 e. The second-order valence-corrected chi connectivity index (χ2v) is 7.95. The molecule has 0 aliphatic carbocycles. The zero-order valence-electron chi connectivity index (χ0n) is 15.8. The number of nitriles is 1. The Hall–Kier alpha value is -3.03. The van der Waals surface area contributed by atoms with Gasteiger partial charge in [0.1, 0.15) is 16.5 Å². The number of pyridine rings is 1. The minimum atomic E-state index is -0.627. The van der Waals surface area contributed by atoms with E-state index in [0.29, 0.717) is 42.1 Å². The number of nitrogens with zero attached hydrogens (tertiary/aromatic N) is 5. The maximum Gasteiger partial charge on any atom is 0.328 e. The smallest absolute Gasteiger partial charge is 0.328 e. The third-order valence-corrected chi connectivity index (χ3v) is 6.17. The van der Waals surface area contributed by atoms with E-state index in [9.17, 15) is 14.0 Å². The summed E-state index contributed by atoms with van der Waals surface area (Å²) >= 11 is 1.40. The number of fused-ring (bicyclic) bond motifs is 1. The first-order valence-corrected chi connectivity index (χ1v) is 10.1. The van der Waals surface area contributed by atoms with Gasteiger partial charge in [-0.05, 0) is 25.1 Å². The van der Waals surface area contributed by atoms with Crippen LogP contribution in [-0.4, -0.2) is 45.6 Å². The Balaban J connectivity index is 1.46. The summed E-state index contributed by atoms with van der Waals surface area (Å²) in [4.78, 5) is 36.0. The summed E-state index contributed by atoms with van der Waals surface area (Å²) in [5, 5.41) is 8.81. The quantitative estimate of drug-likeness (QED) is 0.650. The third kappa shape index (κ3) is 3.66. The van der Waals surface area contributed by atoms with E-state index in [4.69, 9.17) is 5.26 Å². The van der Waals surface area contributed by atoms with Crippen molar-refractivity contribution >= 4 is 27.2 Å². The van der Waals surface area contributed by atoms with Crippen LogP contribution in [0, 0.1) is 17.3 Å². The van der Waals surface area contributed by atoms with Crippen molar-refractivity contribution < 1.29 is 4.39 Å². The summed E-state index contributed by atoms with van der Waals surface area (Å²) in [6, 6.07) is 6.81. The lowest BCUT2D eigenvalue weighted by molar-refractivity contribution is 0.251. The summed E-state index contributed by atoms with van der Waals surface area (Å²) in [6.45, 7) is 5.48. The van der Waals surface area contributed by atoms with Crippen molar-refractivity contribution in [3.8, 4) is 6.07 Å². The number of hydrogen-bond donors (Lipinski definition) is 1. The SMILES string of the molecule is CCn1c(=O)[nH]c2cc(CN3CCN(c4ccc(C#N)nc4F)CC3)sc2c1=O. The fraction of sp³-hybridized carbons (Fsp3) is 0.368. The Kier molecular flexibility index (Phi) is 5.17. The zero-order valence-corrected chi connectivity index (χ0v) is 16.6. The van der Waals surface area contributed by atoms with Gasteiger partial charge in [0, 0.05) is 44.1 Å². The van der Waals surface area contributed by atoms with Gasteiger partial charge in [-0.25, -0.2) is 9.78 Å². The third-order valence-electron chi connectivity index (χ3n) is 5.06. The molecule has 0 amide bonds. The molecule has 0 spiro atoms. The lowest BCUT2D eigenvalue weighted by atomic mass is 10.2. The van der Waals surface area contributed by atoms with Crippen molar-refractivity contribution in [3.05, 3.63) is 55.6 Å². The van der Waals surface area contributed by atoms with Gasteiger partial charge in [-0.15, -0.1) is 11.3 Å². The van der Waals surface area contributed by atoms with Gasteiger partial charge in [-0.1, -0.05) is 0 Å². The molecule has 0 aromatic carbocycles. The highest BCUT2D eigenvalue weighted by molar-refractivity contribution is 7.18. The number of aromatic amines is 1. The van der Waals surface area contributed by atoms with E-state index in [1.165, 1.54) is 22.0 Å². The van der Waals surface area contributed by atoms with Gasteiger partial charge in [0.15, 0.2) is 0 Å². The van der Waals surface area contributed by atoms with Crippen LogP contribution < -0.4 is 16.1 Å². The molecule has 1 aliphatic heterocycles. The molecule has 0 bridgehead atoms. The van der Waals surface area contributed by atoms with Crippen molar-refractivity contribution in [1.82, 2.24) is 19.4 Å². The summed E-state index contributed by atoms with van der Waals surface area (Å²) in [5.74, 6) is -0.627. The molecular weight excluding hydrogens is 395 g/mol. The maximum absolute atomic E-state index is 14.1. The average Bonchev–Trinajstić information content (AvgIpc) is 3.11. The molecule has 1 aliphatic rings. The standard InChI is InChI=1S/C19H19FN6O2S/c1-2-26-18(27)16-14(23-19(26)28)9-13(29-16)11-24-5-7-25(8-6-24)15-4-3-12(10-21)22-17(15)20/h3-4,9H,2,5-8,11H2,1H3,(H,23,28). The average molecular weight is 414 g/mol. The topological polar surface area (TPSA) is 98.0 Å². The van der Waals surface area contributed by atoms with Crippen LogP contribution in [0.25, 0.3) is 10.2 Å². The maximum atomic E-state index is 14.1. The number of rotatable bonds is 4. The number of aromatic nitrogens is 3. The van der Waals surface area contributed by atoms with Crippen molar-refractivity contribution in [3.63, 3.8) is 0 Å². The number of hydrogen-bond acceptors (Lipinski definition) is 7. The molecule has 150 valence electrons. The number of nitrogens with one attached hydrogen (secondary N) is 1. The molecule has 4 heterocycles. The molecule has 1 fully saturated rings. The lowest BCUT2D eigenvalue weighted by Crippen LogP contribution is -2.46. The molecule has 3 aromatic rings. The molecule has 1 saturated heterocycles. The second kappa shape index (κ2) is 7.77. The molecule has 8 nitrogen and oxygen atoms in total. The van der Waals surface area contributed by atoms with Crippen LogP contribution in [-0.2, 0) is 13.1 Å². The van der Waals surface area contributed by atoms with Crippen molar-refractivity contribution in [2.75, 3.05) is 31.1 Å². The van der Waals surface area contributed by atoms with Crippen LogP contribution in [0.1, 0.15) is 17.5 Å². The number of H-pyrrole nitrogens is 1. The Morgan fingerprint density at radius 3 is 2.69 bits per heavy atom. The summed E-state index contributed by atoms with van der Waals surface area (Å²) in [7, 11) is 0. The first kappa shape index (κ1) is 19.3. The van der Waals surface area contributed by atoms with Gasteiger partial charge in [-0.2, -0.15) is 9.65 Å². The normalized spacial score (nSPS) is 15.0. The van der Waals surface area contributed by atoms with Gasteiger partial charge in [0.2, 0.25) is 5.95 Å². The van der Waals surface area contributed by atoms with Crippen LogP contribution in [0.2, 0.25) is 0 Å². The Morgan fingerprint density at radius 1 is 1.28 bits per heavy atom. The molecule has 4 rings (SSSR count). The van der Waals surface area contributed by atoms with Crippen LogP contribution >= 0.6 is 11.3 Å². The van der Waals surface area contributed by atoms with Gasteiger partial charge in [-0.3, -0.25) is 14.3 Å². The highest BCUT2D eigenvalue weighted by atomic mass is 32.1. The second-order valence-electron chi connectivity index (χ2n) is 6.82. The van der Waals surface area contributed by atoms with Gasteiger partial charge < -0.3 is 9.88 Å². The molecule has 3 aromatic heterocycles. The summed E-state index contributed by atoms with van der Waals surface area (Å²) in [6.07, 6.45) is 0. The zero-order chi connectivity index (χ0) is 20.5. The van der Waals surface area contributed by atoms with Crippen LogP contribution in [0.3, 0.4) is 0 Å². The van der Waals surface area contributed by atoms with E-state index in [1.807, 2.05) is 17.0 Å². The van der Waals surface area contributed by atoms with Gasteiger partial charge in [0.05, 0.1) is 11.2 Å². The molecule has 0 unspecified atom stereocenters. The Labute approximate surface area is 169 Å². The number of piperazine rings is 1. The predicted molar refractivity (Wildman–Crippen MR) is 109 cm³/mol. The first-order valence-electron chi connectivity index (χ1n) is 9.29. The molecule has 1 N–H and O–H groups in total. The molecule has 10 heteroatoms. The van der Waals surface area contributed by atoms with E-state index >= 15 is 0 Å². The van der Waals surface area contributed by atoms with Crippen LogP contribution in [0.5, 0.6) is 0 Å². The van der Waals surface area contributed by atoms with E-state index in [1.54, 1.807) is 13.0 Å². The lowest BCUT2D eigenvalue weighted by Gasteiger charge is -2.35. The van der Waals surface area contributed by atoms with Crippen molar-refractivity contribution in [2.45, 2.75) is 20.0 Å². The fourth-order valence-corrected chi connectivity index (χ4v) is 4.65. The monoisotopic (exact) mass is 414 g/mol. The van der Waals surface area contributed by atoms with Gasteiger partial charge >= 0.3 is 5.69 Å². The molecule has 29 heavy (non-hydrogen) atoms. The van der Waals surface area contributed by atoms with E-state index in [2.05, 4.69) is 14.9 Å². The first-order chi connectivity index (χ1) is 14.0. The highest BCUT2D eigenvalue weighted by Gasteiger charge is 2.21. The van der Waals surface area contributed by atoms with E-state index in [0.717, 1.165) is 18.0 Å². The van der Waals surface area contributed by atoms with Gasteiger partial charge in [0.25, 0.3) is 5.56 Å². The largest absolute Gasteiger partial charge is 0.365 e. The van der Waals surface area contributed by atoms with Crippen molar-refractivity contribution in [2.24, 2.45) is 0 Å². The molecule has 0 atom stereocenters. The summed E-state index contributed by atoms with van der Waals surface area (Å²) in [5.41, 5.74) is 0.407. The van der Waals surface area contributed by atoms with Crippen LogP contribution in [0.4, 0.5) is 10.1 Å². The van der Waals surface area contributed by atoms with Crippen LogP contribution in [0.15, 0.2) is 27.8 Å². The highest BCUT2D eigenvalue weighted by Crippen LogP contribution is 2.24. The van der Waals surface area contributed by atoms with Crippen molar-refractivity contribution in [1.29, 1.82) is 5.26 Å². The number of halogens is 1. The minimum absolute atomic E-state index is 0.0647. The fourth-order valence-electron chi connectivity index (χ4n) is 3.55. The molecular formula is C19H19FN6O2S. The van der Waals surface area contributed by atoms with E-state index in [-0.39, 0.29) is 16.9 Å². The summed E-state index contributed by atoms with van der Waals surface area (Å²) < 4.78 is 15.9. The molecule has 0 saturated carbocycles. The Bertz CT molecular complexity index is 1220. The Morgan fingerprint density at radius 2 is 2.03 bits per heavy atom. The van der Waals surface area contributed by atoms with E-state index < -0.39 is 5.95 Å².